The first-order chi connectivity index (χ1) is 11.2. The number of aliphatic imine (C=N–C) groups is 1. The molecule has 1 aliphatic rings. The number of benzene rings is 1. The largest absolute Gasteiger partial charge is 0.496 e. The number of nitrogens with zero attached hydrogens (tertiary/aromatic N) is 1. The first-order valence-corrected chi connectivity index (χ1v) is 9.69. The Bertz CT molecular complexity index is 762. The second-order valence-corrected chi connectivity index (χ2v) is 8.02. The van der Waals surface area contributed by atoms with Gasteiger partial charge in [-0.05, 0) is 36.5 Å². The van der Waals surface area contributed by atoms with Gasteiger partial charge in [-0.1, -0.05) is 19.3 Å². The molecular weight excluding hydrogens is 330 g/mol. The van der Waals surface area contributed by atoms with Crippen molar-refractivity contribution in [1.29, 1.82) is 0 Å². The Labute approximate surface area is 142 Å². The number of ether oxygens (including phenoxy) is 1. The van der Waals surface area contributed by atoms with Gasteiger partial charge in [-0.3, -0.25) is 4.79 Å². The highest BCUT2D eigenvalue weighted by molar-refractivity contribution is 7.90. The van der Waals surface area contributed by atoms with Crippen LogP contribution in [0.2, 0.25) is 0 Å². The zero-order chi connectivity index (χ0) is 17.9. The number of methoxy groups -OCH3 is 1. The van der Waals surface area contributed by atoms with Gasteiger partial charge in [0.1, 0.15) is 5.75 Å². The SMILES string of the molecule is COc1cc(C2CCCCC2)c(S(C)(=O)=O)cc1C(=O)N=C(N)N. The smallest absolute Gasteiger partial charge is 0.283 e. The molecule has 8 heteroatoms. The Morgan fingerprint density at radius 2 is 1.83 bits per heavy atom. The van der Waals surface area contributed by atoms with E-state index >= 15 is 0 Å². The predicted octanol–water partition coefficient (Wildman–Crippen LogP) is 1.56. The molecule has 0 spiro atoms. The number of nitrogens with two attached hydrogens (primary N) is 2. The van der Waals surface area contributed by atoms with Crippen molar-refractivity contribution in [2.75, 3.05) is 13.4 Å². The Hall–Kier alpha value is -2.09. The third-order valence-corrected chi connectivity index (χ3v) is 5.39. The van der Waals surface area contributed by atoms with Gasteiger partial charge >= 0.3 is 0 Å². The molecule has 0 heterocycles. The Balaban J connectivity index is 2.64. The molecule has 132 valence electrons. The fraction of sp³-hybridized carbons (Fsp3) is 0.500. The second kappa shape index (κ2) is 7.21. The lowest BCUT2D eigenvalue weighted by atomic mass is 9.83. The van der Waals surface area contributed by atoms with Crippen LogP contribution >= 0.6 is 0 Å². The lowest BCUT2D eigenvalue weighted by molar-refractivity contribution is 0.0999. The van der Waals surface area contributed by atoms with Crippen LogP contribution in [-0.4, -0.2) is 33.7 Å². The van der Waals surface area contributed by atoms with Crippen LogP contribution in [0.4, 0.5) is 0 Å². The number of carbonyl (C=O) groups excluding carboxylic acids is 1. The summed E-state index contributed by atoms with van der Waals surface area (Å²) in [5.41, 5.74) is 11.2. The molecule has 1 aliphatic carbocycles. The molecule has 0 bridgehead atoms. The van der Waals surface area contributed by atoms with E-state index in [-0.39, 0.29) is 28.1 Å². The Morgan fingerprint density at radius 1 is 1.21 bits per heavy atom. The predicted molar refractivity (Wildman–Crippen MR) is 92.1 cm³/mol. The number of carbonyl (C=O) groups is 1. The molecule has 0 unspecified atom stereocenters. The molecule has 1 fully saturated rings. The van der Waals surface area contributed by atoms with Gasteiger partial charge in [-0.2, -0.15) is 4.99 Å². The Kier molecular flexibility index (Phi) is 5.48. The molecule has 2 rings (SSSR count). The lowest BCUT2D eigenvalue weighted by Gasteiger charge is -2.25. The molecule has 1 saturated carbocycles. The summed E-state index contributed by atoms with van der Waals surface area (Å²) in [6.07, 6.45) is 6.26. The van der Waals surface area contributed by atoms with Gasteiger partial charge in [-0.25, -0.2) is 8.42 Å². The minimum Gasteiger partial charge on any atom is -0.496 e. The average Bonchev–Trinajstić information content (AvgIpc) is 2.52. The maximum atomic E-state index is 12.3. The summed E-state index contributed by atoms with van der Waals surface area (Å²) in [7, 11) is -2.09. The van der Waals surface area contributed by atoms with Gasteiger partial charge in [0.2, 0.25) is 0 Å². The molecule has 7 nitrogen and oxygen atoms in total. The summed E-state index contributed by atoms with van der Waals surface area (Å²) < 4.78 is 29.8. The maximum Gasteiger partial charge on any atom is 0.283 e. The van der Waals surface area contributed by atoms with Crippen molar-refractivity contribution in [2.24, 2.45) is 16.5 Å². The third-order valence-electron chi connectivity index (χ3n) is 4.24. The normalized spacial score (nSPS) is 15.8. The number of amides is 1. The monoisotopic (exact) mass is 353 g/mol. The van der Waals surface area contributed by atoms with E-state index in [1.165, 1.54) is 13.2 Å². The van der Waals surface area contributed by atoms with E-state index in [0.29, 0.717) is 5.56 Å². The van der Waals surface area contributed by atoms with Gasteiger partial charge in [0, 0.05) is 6.26 Å². The lowest BCUT2D eigenvalue weighted by Crippen LogP contribution is -2.24. The van der Waals surface area contributed by atoms with E-state index in [1.807, 2.05) is 0 Å². The number of hydrogen-bond donors (Lipinski definition) is 2. The summed E-state index contributed by atoms with van der Waals surface area (Å²) in [6, 6.07) is 2.97. The van der Waals surface area contributed by atoms with Crippen molar-refractivity contribution in [2.45, 2.75) is 42.9 Å². The summed E-state index contributed by atoms with van der Waals surface area (Å²) in [6.45, 7) is 0. The molecule has 0 atom stereocenters. The van der Waals surface area contributed by atoms with E-state index < -0.39 is 15.7 Å². The molecule has 1 amide bonds. The van der Waals surface area contributed by atoms with Crippen LogP contribution in [0.1, 0.15) is 53.9 Å². The van der Waals surface area contributed by atoms with Crippen LogP contribution in [0, 0.1) is 0 Å². The molecule has 1 aromatic rings. The van der Waals surface area contributed by atoms with Crippen molar-refractivity contribution in [3.63, 3.8) is 0 Å². The van der Waals surface area contributed by atoms with Gasteiger partial charge in [0.05, 0.1) is 17.6 Å². The van der Waals surface area contributed by atoms with Crippen molar-refractivity contribution in [3.05, 3.63) is 23.3 Å². The maximum absolute atomic E-state index is 12.3. The quantitative estimate of drug-likeness (QED) is 0.625. The summed E-state index contributed by atoms with van der Waals surface area (Å²) >= 11 is 0. The number of hydrogen-bond acceptors (Lipinski definition) is 4. The van der Waals surface area contributed by atoms with E-state index in [1.54, 1.807) is 6.07 Å². The van der Waals surface area contributed by atoms with Gasteiger partial charge in [0.25, 0.3) is 5.91 Å². The van der Waals surface area contributed by atoms with Crippen LogP contribution in [0.3, 0.4) is 0 Å². The highest BCUT2D eigenvalue weighted by atomic mass is 32.2. The zero-order valence-corrected chi connectivity index (χ0v) is 14.7. The van der Waals surface area contributed by atoms with E-state index in [4.69, 9.17) is 16.2 Å². The molecule has 4 N–H and O–H groups in total. The molecule has 0 saturated heterocycles. The zero-order valence-electron chi connectivity index (χ0n) is 13.9. The fourth-order valence-electron chi connectivity index (χ4n) is 3.14. The molecule has 24 heavy (non-hydrogen) atoms. The third kappa shape index (κ3) is 4.05. The topological polar surface area (TPSA) is 125 Å². The standard InChI is InChI=1S/C16H23N3O4S/c1-23-13-8-11(10-6-4-3-5-7-10)14(24(2,21)22)9-12(13)15(20)19-16(17)18/h8-10H,3-7H2,1-2H3,(H4,17,18,19,20). The number of guanidine groups is 1. The van der Waals surface area contributed by atoms with Crippen molar-refractivity contribution < 1.29 is 17.9 Å². The number of sulfone groups is 1. The highest BCUT2D eigenvalue weighted by Gasteiger charge is 2.26. The minimum atomic E-state index is -3.51. The Morgan fingerprint density at radius 3 is 2.33 bits per heavy atom. The molecular formula is C16H23N3O4S. The van der Waals surface area contributed by atoms with Gasteiger partial charge < -0.3 is 16.2 Å². The first-order valence-electron chi connectivity index (χ1n) is 7.80. The van der Waals surface area contributed by atoms with E-state index in [9.17, 15) is 13.2 Å². The van der Waals surface area contributed by atoms with Crippen LogP contribution in [0.25, 0.3) is 0 Å². The fourth-order valence-corrected chi connectivity index (χ4v) is 4.13. The van der Waals surface area contributed by atoms with E-state index in [2.05, 4.69) is 4.99 Å². The highest BCUT2D eigenvalue weighted by Crippen LogP contribution is 2.39. The average molecular weight is 353 g/mol. The first kappa shape index (κ1) is 18.3. The minimum absolute atomic E-state index is 0.0332. The summed E-state index contributed by atoms with van der Waals surface area (Å²) in [4.78, 5) is 15.8. The summed E-state index contributed by atoms with van der Waals surface area (Å²) in [5.74, 6) is -0.700. The van der Waals surface area contributed by atoms with Crippen LogP contribution in [0.15, 0.2) is 22.0 Å². The van der Waals surface area contributed by atoms with Crippen molar-refractivity contribution in [3.8, 4) is 5.75 Å². The molecule has 0 aromatic heterocycles. The van der Waals surface area contributed by atoms with Crippen molar-refractivity contribution in [1.82, 2.24) is 0 Å². The van der Waals surface area contributed by atoms with E-state index in [0.717, 1.165) is 38.4 Å². The van der Waals surface area contributed by atoms with Crippen LogP contribution < -0.4 is 16.2 Å². The van der Waals surface area contributed by atoms with Crippen molar-refractivity contribution >= 4 is 21.7 Å². The van der Waals surface area contributed by atoms with Gasteiger partial charge in [-0.15, -0.1) is 0 Å². The van der Waals surface area contributed by atoms with Crippen LogP contribution in [-0.2, 0) is 9.84 Å². The second-order valence-electron chi connectivity index (χ2n) is 6.04. The molecule has 1 aromatic carbocycles. The molecule has 0 radical (unpaired) electrons. The summed E-state index contributed by atoms with van der Waals surface area (Å²) in [5, 5.41) is 0. The number of rotatable bonds is 4. The molecule has 0 aliphatic heterocycles. The van der Waals surface area contributed by atoms with Crippen LogP contribution in [0.5, 0.6) is 5.75 Å². The van der Waals surface area contributed by atoms with Gasteiger partial charge in [0.15, 0.2) is 15.8 Å².